The molecule has 2 aliphatic rings. The van der Waals surface area contributed by atoms with E-state index < -0.39 is 21.9 Å². The number of fused-ring (bicyclic) bond motifs is 5. The topological polar surface area (TPSA) is 135 Å². The fourth-order valence-electron chi connectivity index (χ4n) is 3.99. The van der Waals surface area contributed by atoms with Gasteiger partial charge >= 0.3 is 0 Å². The summed E-state index contributed by atoms with van der Waals surface area (Å²) in [6, 6.07) is 7.05. The van der Waals surface area contributed by atoms with Gasteiger partial charge in [-0.25, -0.2) is 12.8 Å². The number of nitrogen functional groups attached to an aromatic ring is 1. The summed E-state index contributed by atoms with van der Waals surface area (Å²) in [5, 5.41) is 18.0. The van der Waals surface area contributed by atoms with Crippen molar-refractivity contribution in [2.75, 3.05) is 19.3 Å². The Labute approximate surface area is 191 Å². The van der Waals surface area contributed by atoms with Crippen LogP contribution in [0, 0.1) is 17.1 Å². The zero-order chi connectivity index (χ0) is 23.9. The van der Waals surface area contributed by atoms with E-state index in [4.69, 9.17) is 15.5 Å². The van der Waals surface area contributed by atoms with Crippen LogP contribution in [0.25, 0.3) is 5.57 Å². The lowest BCUT2D eigenvalue weighted by Crippen LogP contribution is -2.36. The number of aromatic nitrogens is 2. The van der Waals surface area contributed by atoms with Gasteiger partial charge in [-0.15, -0.1) is 10.2 Å². The maximum atomic E-state index is 14.1. The van der Waals surface area contributed by atoms with Crippen molar-refractivity contribution in [2.45, 2.75) is 43.7 Å². The minimum Gasteiger partial charge on any atom is -0.482 e. The first kappa shape index (κ1) is 22.8. The number of rotatable bonds is 1. The summed E-state index contributed by atoms with van der Waals surface area (Å²) in [6.07, 6.45) is 0.217. The van der Waals surface area contributed by atoms with E-state index in [9.17, 15) is 18.1 Å². The molecule has 0 amide bonds. The number of benzene rings is 1. The second-order valence-corrected chi connectivity index (χ2v) is 10.0. The zero-order valence-corrected chi connectivity index (χ0v) is 19.2. The van der Waals surface area contributed by atoms with Gasteiger partial charge in [0.25, 0.3) is 0 Å². The molecule has 172 valence electrons. The third-order valence-electron chi connectivity index (χ3n) is 5.79. The minimum absolute atomic E-state index is 0.0135. The van der Waals surface area contributed by atoms with Gasteiger partial charge in [0.1, 0.15) is 11.9 Å². The quantitative estimate of drug-likeness (QED) is 0.677. The standard InChI is InChI=1S/C22H23FN6O3S/c1-4-15-7-13(10-24)21-17-9-19(22(25)28-27-17)32-12(2)16-8-14(23)5-6-20(16)33(30,31)29(3)11-18(21)26-15/h5-6,8-9,12,15H,4,7,11H2,1-3H3,(H2,25,28). The molecule has 0 aliphatic carbocycles. The van der Waals surface area contributed by atoms with Gasteiger partial charge in [-0.1, -0.05) is 6.92 Å². The molecule has 2 aromatic rings. The molecule has 3 heterocycles. The molecular formula is C22H23FN6O3S. The lowest BCUT2D eigenvalue weighted by molar-refractivity contribution is 0.223. The summed E-state index contributed by atoms with van der Waals surface area (Å²) in [4.78, 5) is 4.64. The number of sulfonamides is 1. The zero-order valence-electron chi connectivity index (χ0n) is 18.4. The highest BCUT2D eigenvalue weighted by atomic mass is 32.2. The van der Waals surface area contributed by atoms with Crippen LogP contribution in [-0.4, -0.2) is 48.3 Å². The van der Waals surface area contributed by atoms with Gasteiger partial charge in [-0.2, -0.15) is 9.57 Å². The molecule has 11 heteroatoms. The van der Waals surface area contributed by atoms with Gasteiger partial charge in [0.15, 0.2) is 11.6 Å². The van der Waals surface area contributed by atoms with Gasteiger partial charge < -0.3 is 10.5 Å². The molecule has 0 saturated carbocycles. The number of hydrogen-bond donors (Lipinski definition) is 1. The number of anilines is 1. The van der Waals surface area contributed by atoms with Gasteiger partial charge in [0, 0.05) is 36.2 Å². The number of nitrogens with zero attached hydrogens (tertiary/aromatic N) is 5. The summed E-state index contributed by atoms with van der Waals surface area (Å²) in [5.41, 5.74) is 7.69. The molecule has 2 bridgehead atoms. The van der Waals surface area contributed by atoms with E-state index in [1.54, 1.807) is 13.0 Å². The van der Waals surface area contributed by atoms with Crippen LogP contribution in [-0.2, 0) is 10.0 Å². The number of ether oxygens (including phenoxy) is 1. The Bertz CT molecular complexity index is 1330. The summed E-state index contributed by atoms with van der Waals surface area (Å²) >= 11 is 0. The molecule has 2 aliphatic heterocycles. The van der Waals surface area contributed by atoms with Crippen LogP contribution in [0.2, 0.25) is 0 Å². The highest BCUT2D eigenvalue weighted by Gasteiger charge is 2.33. The molecular weight excluding hydrogens is 447 g/mol. The molecule has 33 heavy (non-hydrogen) atoms. The van der Waals surface area contributed by atoms with E-state index in [0.717, 1.165) is 16.4 Å². The van der Waals surface area contributed by atoms with Crippen molar-refractivity contribution in [1.82, 2.24) is 14.5 Å². The first-order valence-corrected chi connectivity index (χ1v) is 11.9. The van der Waals surface area contributed by atoms with Crippen molar-refractivity contribution in [3.8, 4) is 11.8 Å². The van der Waals surface area contributed by atoms with Crippen LogP contribution in [0.1, 0.15) is 44.1 Å². The van der Waals surface area contributed by atoms with Crippen molar-refractivity contribution in [3.63, 3.8) is 0 Å². The summed E-state index contributed by atoms with van der Waals surface area (Å²) in [7, 11) is -2.64. The van der Waals surface area contributed by atoms with Crippen molar-refractivity contribution in [3.05, 3.63) is 46.9 Å². The Morgan fingerprint density at radius 2 is 2.09 bits per heavy atom. The van der Waals surface area contributed by atoms with Crippen LogP contribution < -0.4 is 10.5 Å². The molecule has 0 radical (unpaired) electrons. The predicted octanol–water partition coefficient (Wildman–Crippen LogP) is 2.87. The first-order chi connectivity index (χ1) is 15.6. The van der Waals surface area contributed by atoms with E-state index in [2.05, 4.69) is 16.3 Å². The molecule has 9 nitrogen and oxygen atoms in total. The highest BCUT2D eigenvalue weighted by molar-refractivity contribution is 7.89. The Balaban J connectivity index is 2.00. The van der Waals surface area contributed by atoms with E-state index >= 15 is 0 Å². The van der Waals surface area contributed by atoms with Crippen LogP contribution in [0.15, 0.2) is 39.7 Å². The molecule has 1 aromatic carbocycles. The number of nitriles is 1. The van der Waals surface area contributed by atoms with Crippen LogP contribution in [0.5, 0.6) is 5.75 Å². The smallest absolute Gasteiger partial charge is 0.243 e. The van der Waals surface area contributed by atoms with Crippen LogP contribution in [0.3, 0.4) is 0 Å². The molecule has 0 fully saturated rings. The average molecular weight is 471 g/mol. The van der Waals surface area contributed by atoms with Crippen molar-refractivity contribution in [2.24, 2.45) is 4.99 Å². The predicted molar refractivity (Wildman–Crippen MR) is 120 cm³/mol. The SMILES string of the molecule is CCC1CC(C#N)=C2C(=N1)CN(C)S(=O)(=O)c1ccc(F)cc1C(C)Oc1cc2nnc1N. The number of dihydropyridines is 1. The Morgan fingerprint density at radius 3 is 2.79 bits per heavy atom. The fourth-order valence-corrected chi connectivity index (χ4v) is 5.38. The third-order valence-corrected chi connectivity index (χ3v) is 7.67. The second-order valence-electron chi connectivity index (χ2n) is 7.99. The van der Waals surface area contributed by atoms with Crippen molar-refractivity contribution in [1.29, 1.82) is 5.26 Å². The molecule has 2 atom stereocenters. The number of halogens is 1. The second kappa shape index (κ2) is 8.53. The maximum Gasteiger partial charge on any atom is 0.243 e. The van der Waals surface area contributed by atoms with Crippen molar-refractivity contribution >= 4 is 27.1 Å². The molecule has 0 saturated heterocycles. The largest absolute Gasteiger partial charge is 0.482 e. The average Bonchev–Trinajstić information content (AvgIpc) is 2.79. The molecule has 2 unspecified atom stereocenters. The minimum atomic E-state index is -4.05. The lowest BCUT2D eigenvalue weighted by atomic mass is 9.91. The van der Waals surface area contributed by atoms with Gasteiger partial charge in [0.2, 0.25) is 10.0 Å². The summed E-state index contributed by atoms with van der Waals surface area (Å²) in [6.45, 7) is 3.44. The van der Waals surface area contributed by atoms with Gasteiger partial charge in [-0.05, 0) is 31.5 Å². The van der Waals surface area contributed by atoms with Gasteiger partial charge in [-0.3, -0.25) is 4.99 Å². The number of hydrogen-bond acceptors (Lipinski definition) is 8. The van der Waals surface area contributed by atoms with E-state index in [1.165, 1.54) is 13.1 Å². The number of nitrogens with two attached hydrogens (primary N) is 1. The summed E-state index contributed by atoms with van der Waals surface area (Å²) < 4.78 is 48.2. The van der Waals surface area contributed by atoms with Crippen LogP contribution >= 0.6 is 0 Å². The van der Waals surface area contributed by atoms with E-state index in [0.29, 0.717) is 35.4 Å². The molecule has 4 rings (SSSR count). The molecule has 0 spiro atoms. The normalized spacial score (nSPS) is 22.6. The third kappa shape index (κ3) is 4.07. The van der Waals surface area contributed by atoms with E-state index in [1.807, 2.05) is 6.92 Å². The van der Waals surface area contributed by atoms with Crippen molar-refractivity contribution < 1.29 is 17.5 Å². The lowest BCUT2D eigenvalue weighted by Gasteiger charge is -2.28. The fraction of sp³-hybridized carbons (Fsp3) is 0.364. The Kier molecular flexibility index (Phi) is 5.90. The van der Waals surface area contributed by atoms with E-state index in [-0.39, 0.29) is 34.6 Å². The number of aliphatic imine (C=N–C) groups is 1. The highest BCUT2D eigenvalue weighted by Crippen LogP contribution is 2.36. The summed E-state index contributed by atoms with van der Waals surface area (Å²) in [5.74, 6) is -0.460. The Morgan fingerprint density at radius 1 is 1.33 bits per heavy atom. The first-order valence-electron chi connectivity index (χ1n) is 10.4. The molecule has 2 N–H and O–H groups in total. The molecule has 1 aromatic heterocycles. The van der Waals surface area contributed by atoms with Crippen LogP contribution in [0.4, 0.5) is 10.2 Å². The maximum absolute atomic E-state index is 14.1. The van der Waals surface area contributed by atoms with Gasteiger partial charge in [0.05, 0.1) is 35.0 Å². The Hall–Kier alpha value is -3.36. The monoisotopic (exact) mass is 470 g/mol.